The van der Waals surface area contributed by atoms with Crippen LogP contribution in [0.1, 0.15) is 64.4 Å². The molecule has 0 spiro atoms. The average Bonchev–Trinajstić information content (AvgIpc) is 4.53. The minimum Gasteiger partial charge on any atom is -0.383 e. The molecule has 0 saturated carbocycles. The fourth-order valence-electron chi connectivity index (χ4n) is 7.97. The minimum absolute atomic E-state index is 0.0759. The monoisotopic (exact) mass is 1200 g/mol. The highest BCUT2D eigenvalue weighted by molar-refractivity contribution is 6.32. The first-order chi connectivity index (χ1) is 39.6. The molecule has 0 radical (unpaired) electrons. The molecule has 2 atom stereocenters. The summed E-state index contributed by atoms with van der Waals surface area (Å²) < 4.78 is 7.90. The number of hydrogen-bond acceptors (Lipinski definition) is 13. The van der Waals surface area contributed by atoms with Gasteiger partial charge in [0, 0.05) is 69.7 Å². The Morgan fingerprint density at radius 3 is 1.45 bits per heavy atom. The van der Waals surface area contributed by atoms with Crippen molar-refractivity contribution >= 4 is 93.8 Å². The predicted molar refractivity (Wildman–Crippen MR) is 313 cm³/mol. The number of carbonyl (C=O) groups is 4. The van der Waals surface area contributed by atoms with E-state index in [4.69, 9.17) is 62.7 Å². The third kappa shape index (κ3) is 16.8. The SMILES string of the molecule is COCCNC(=O)C[C@H](NC(=O)/C=C/c1cc(Cl)ccc1-n1cnnn1)c1nc(-c2ccc(C)cc2)c(Cl)[nH]1.Cc1ccc(-c2nc([C@H](CC(=O)NCc3ccc(Cl)cc3)NC(=O)/C=C/c3cc(Cl)ccc3-n3cnnn3)[nH]c2Cl)cc1. The molecule has 0 saturated heterocycles. The highest BCUT2D eigenvalue weighted by Gasteiger charge is 2.25. The number of amides is 4. The maximum Gasteiger partial charge on any atom is 0.244 e. The second kappa shape index (κ2) is 28.7. The van der Waals surface area contributed by atoms with Crippen molar-refractivity contribution in [3.63, 3.8) is 0 Å². The van der Waals surface area contributed by atoms with Gasteiger partial charge in [-0.15, -0.1) is 10.2 Å². The highest BCUT2D eigenvalue weighted by Crippen LogP contribution is 2.31. The molecule has 0 fully saturated rings. The van der Waals surface area contributed by atoms with E-state index in [-0.39, 0.29) is 24.7 Å². The fraction of sp³-hybridized carbons (Fsp3) is 0.179. The van der Waals surface area contributed by atoms with Crippen LogP contribution in [-0.2, 0) is 30.5 Å². The van der Waals surface area contributed by atoms with Crippen molar-refractivity contribution in [3.8, 4) is 33.9 Å². The van der Waals surface area contributed by atoms with Crippen LogP contribution in [0.5, 0.6) is 0 Å². The lowest BCUT2D eigenvalue weighted by Gasteiger charge is -2.16. The lowest BCUT2D eigenvalue weighted by molar-refractivity contribution is -0.124. The Balaban J connectivity index is 0.000000216. The van der Waals surface area contributed by atoms with E-state index in [0.717, 1.165) is 27.8 Å². The molecule has 5 aromatic carbocycles. The number of carbonyl (C=O) groups excluding carboxylic acids is 4. The smallest absolute Gasteiger partial charge is 0.244 e. The number of imidazole rings is 2. The quantitative estimate of drug-likeness (QED) is 0.0289. The lowest BCUT2D eigenvalue weighted by atomic mass is 10.1. The van der Waals surface area contributed by atoms with Crippen LogP contribution in [0.2, 0.25) is 25.4 Å². The fourth-order valence-corrected chi connectivity index (χ4v) is 8.95. The summed E-state index contributed by atoms with van der Waals surface area (Å²) >= 11 is 31.3. The van der Waals surface area contributed by atoms with Gasteiger partial charge < -0.3 is 36.0 Å². The molecule has 6 N–H and O–H groups in total. The molecule has 0 bridgehead atoms. The predicted octanol–water partition coefficient (Wildman–Crippen LogP) is 9.59. The van der Waals surface area contributed by atoms with Crippen LogP contribution in [0.4, 0.5) is 0 Å². The van der Waals surface area contributed by atoms with E-state index in [1.165, 1.54) is 34.2 Å². The molecule has 4 amide bonds. The van der Waals surface area contributed by atoms with Crippen molar-refractivity contribution in [3.05, 3.63) is 199 Å². The second-order valence-corrected chi connectivity index (χ2v) is 20.2. The van der Waals surface area contributed by atoms with E-state index >= 15 is 0 Å². The summed E-state index contributed by atoms with van der Waals surface area (Å²) in [5.74, 6) is -0.845. The molecular weight excluding hydrogens is 1150 g/mol. The van der Waals surface area contributed by atoms with Gasteiger partial charge in [0.05, 0.1) is 42.9 Å². The number of nitrogens with one attached hydrogen (secondary N) is 6. The number of methoxy groups -OCH3 is 1. The first-order valence-electron chi connectivity index (χ1n) is 25.0. The molecule has 21 nitrogen and oxygen atoms in total. The van der Waals surface area contributed by atoms with Gasteiger partial charge in [0.15, 0.2) is 0 Å². The van der Waals surface area contributed by atoms with Gasteiger partial charge in [-0.3, -0.25) is 19.2 Å². The largest absolute Gasteiger partial charge is 0.383 e. The van der Waals surface area contributed by atoms with Crippen LogP contribution < -0.4 is 21.3 Å². The van der Waals surface area contributed by atoms with Crippen LogP contribution in [0.25, 0.3) is 46.0 Å². The van der Waals surface area contributed by atoms with E-state index < -0.39 is 23.9 Å². The molecule has 26 heteroatoms. The van der Waals surface area contributed by atoms with Gasteiger partial charge in [-0.05, 0) is 101 Å². The third-order valence-electron chi connectivity index (χ3n) is 12.1. The van der Waals surface area contributed by atoms with E-state index in [2.05, 4.69) is 72.3 Å². The maximum absolute atomic E-state index is 13.2. The first kappa shape index (κ1) is 59.5. The number of tetrazole rings is 2. The van der Waals surface area contributed by atoms with Crippen molar-refractivity contribution in [2.24, 2.45) is 0 Å². The zero-order chi connectivity index (χ0) is 58.1. The molecule has 82 heavy (non-hydrogen) atoms. The number of ether oxygens (including phenoxy) is 1. The number of aryl methyl sites for hydroxylation is 2. The summed E-state index contributed by atoms with van der Waals surface area (Å²) in [5, 5.41) is 35.9. The second-order valence-electron chi connectivity index (χ2n) is 18.2. The van der Waals surface area contributed by atoms with Crippen molar-refractivity contribution in [2.75, 3.05) is 20.3 Å². The summed E-state index contributed by atoms with van der Waals surface area (Å²) in [4.78, 5) is 67.2. The number of rotatable bonds is 21. The standard InChI is InChI=1S/C30H25Cl3N8O2.C26H26Cl2N8O3/c1-18-2-6-20(7-3-18)28-29(33)38-30(37-28)24(15-27(43)34-16-19-4-9-22(31)10-5-19)36-26(42)13-8-21-14-23(32)11-12-25(21)41-17-35-39-40-41;1-16-3-5-17(6-4-16)24-25(28)33-26(32-24)20(14-23(38)29-11-12-39-2)31-22(37)10-7-18-13-19(27)8-9-21(18)36-15-30-34-35-36/h2-14,17,24H,15-16H2,1H3,(H,34,43)(H,36,42)(H,37,38);3-10,13,15,20H,11-12,14H2,1-2H3,(H,29,38)(H,31,37)(H,32,33)/b13-8+;10-7+/t24-;20-/m00/s1. The zero-order valence-corrected chi connectivity index (χ0v) is 47.7. The van der Waals surface area contributed by atoms with Gasteiger partial charge in [0.1, 0.15) is 46.0 Å². The maximum atomic E-state index is 13.2. The lowest BCUT2D eigenvalue weighted by Crippen LogP contribution is -2.34. The van der Waals surface area contributed by atoms with Gasteiger partial charge in [-0.1, -0.05) is 130 Å². The Hall–Kier alpha value is -8.57. The van der Waals surface area contributed by atoms with Crippen molar-refractivity contribution in [1.82, 2.24) is 81.6 Å². The van der Waals surface area contributed by atoms with Crippen molar-refractivity contribution in [2.45, 2.75) is 45.3 Å². The average molecular weight is 1210 g/mol. The zero-order valence-electron chi connectivity index (χ0n) is 43.9. The number of nitrogens with zero attached hydrogens (tertiary/aromatic N) is 10. The van der Waals surface area contributed by atoms with Crippen LogP contribution >= 0.6 is 58.0 Å². The van der Waals surface area contributed by atoms with E-state index in [0.29, 0.717) is 90.6 Å². The summed E-state index contributed by atoms with van der Waals surface area (Å²) in [5.41, 5.74) is 8.17. The number of aromatic amines is 2. The number of benzene rings is 5. The molecule has 0 aliphatic carbocycles. The molecule has 4 heterocycles. The Kier molecular flexibility index (Phi) is 20.9. The van der Waals surface area contributed by atoms with Gasteiger partial charge in [-0.2, -0.15) is 9.36 Å². The topological polar surface area (TPSA) is 270 Å². The van der Waals surface area contributed by atoms with Gasteiger partial charge >= 0.3 is 0 Å². The molecule has 9 aromatic rings. The molecule has 0 aliphatic rings. The molecule has 0 aliphatic heterocycles. The van der Waals surface area contributed by atoms with Crippen LogP contribution in [0, 0.1) is 13.8 Å². The highest BCUT2D eigenvalue weighted by atomic mass is 35.5. The Morgan fingerprint density at radius 2 is 1.02 bits per heavy atom. The number of hydrogen-bond donors (Lipinski definition) is 6. The number of halogens is 5. The first-order valence-corrected chi connectivity index (χ1v) is 26.9. The Morgan fingerprint density at radius 1 is 0.585 bits per heavy atom. The molecular formula is C56H51Cl5N16O5. The number of H-pyrrole nitrogens is 2. The molecule has 9 rings (SSSR count). The summed E-state index contributed by atoms with van der Waals surface area (Å²) in [6.07, 6.45) is 8.54. The van der Waals surface area contributed by atoms with Gasteiger partial charge in [0.2, 0.25) is 23.6 Å². The van der Waals surface area contributed by atoms with E-state index in [9.17, 15) is 19.2 Å². The third-order valence-corrected chi connectivity index (χ3v) is 13.4. The van der Waals surface area contributed by atoms with Gasteiger partial charge in [0.25, 0.3) is 0 Å². The van der Waals surface area contributed by atoms with Crippen molar-refractivity contribution in [1.29, 1.82) is 0 Å². The van der Waals surface area contributed by atoms with Crippen LogP contribution in [0.15, 0.2) is 134 Å². The summed E-state index contributed by atoms with van der Waals surface area (Å²) in [6, 6.07) is 31.2. The van der Waals surface area contributed by atoms with Gasteiger partial charge in [-0.25, -0.2) is 9.97 Å². The van der Waals surface area contributed by atoms with E-state index in [1.807, 2.05) is 74.5 Å². The molecule has 0 unspecified atom stereocenters. The van der Waals surface area contributed by atoms with E-state index in [1.54, 1.807) is 67.8 Å². The summed E-state index contributed by atoms with van der Waals surface area (Å²) in [7, 11) is 1.55. The Bertz CT molecular complexity index is 3680. The summed E-state index contributed by atoms with van der Waals surface area (Å²) in [6.45, 7) is 4.95. The van der Waals surface area contributed by atoms with Crippen molar-refractivity contribution < 1.29 is 23.9 Å². The normalized spacial score (nSPS) is 12.0. The van der Waals surface area contributed by atoms with Crippen LogP contribution in [-0.4, -0.2) is 104 Å². The minimum atomic E-state index is -0.822. The van der Waals surface area contributed by atoms with Crippen LogP contribution in [0.3, 0.4) is 0 Å². The Labute approximate surface area is 494 Å². The number of aromatic nitrogens is 12. The molecule has 4 aromatic heterocycles. The molecule has 420 valence electrons.